The number of amides is 2. The molecule has 2 rings (SSSR count). The largest absolute Gasteiger partial charge is 0.450 e. The average Bonchev–Trinajstić information content (AvgIpc) is 2.57. The zero-order valence-corrected chi connectivity index (χ0v) is 14.0. The van der Waals surface area contributed by atoms with Crippen molar-refractivity contribution in [3.63, 3.8) is 0 Å². The number of benzene rings is 2. The van der Waals surface area contributed by atoms with Gasteiger partial charge in [-0.1, -0.05) is 54.1 Å². The maximum absolute atomic E-state index is 12.3. The Bertz CT molecular complexity index is 692. The van der Waals surface area contributed by atoms with Gasteiger partial charge < -0.3 is 15.4 Å². The van der Waals surface area contributed by atoms with Gasteiger partial charge in [-0.25, -0.2) is 4.79 Å². The van der Waals surface area contributed by atoms with Gasteiger partial charge in [0.2, 0.25) is 5.91 Å². The second-order valence-electron chi connectivity index (χ2n) is 5.06. The summed E-state index contributed by atoms with van der Waals surface area (Å²) in [5.74, 6) is -0.256. The maximum atomic E-state index is 12.3. The molecule has 24 heavy (non-hydrogen) atoms. The van der Waals surface area contributed by atoms with Crippen LogP contribution < -0.4 is 10.6 Å². The fourth-order valence-corrected chi connectivity index (χ4v) is 2.38. The minimum atomic E-state index is -0.558. The number of carbonyl (C=O) groups is 2. The van der Waals surface area contributed by atoms with E-state index in [4.69, 9.17) is 16.3 Å². The number of anilines is 1. The number of halogens is 1. The van der Waals surface area contributed by atoms with Crippen molar-refractivity contribution in [1.82, 2.24) is 5.32 Å². The van der Waals surface area contributed by atoms with Crippen LogP contribution in [0, 0.1) is 0 Å². The van der Waals surface area contributed by atoms with Crippen LogP contribution in [0.25, 0.3) is 0 Å². The number of alkyl carbamates (subject to hydrolysis) is 1. The molecular weight excluding hydrogens is 328 g/mol. The fourth-order valence-electron chi connectivity index (χ4n) is 2.20. The van der Waals surface area contributed by atoms with Gasteiger partial charge in [-0.2, -0.15) is 0 Å². The molecule has 2 aromatic carbocycles. The first kappa shape index (κ1) is 17.8. The first-order chi connectivity index (χ1) is 11.6. The van der Waals surface area contributed by atoms with Crippen molar-refractivity contribution in [1.29, 1.82) is 0 Å². The molecule has 5 nitrogen and oxygen atoms in total. The van der Waals surface area contributed by atoms with Crippen LogP contribution in [-0.4, -0.2) is 18.6 Å². The molecule has 0 saturated heterocycles. The van der Waals surface area contributed by atoms with E-state index in [0.717, 1.165) is 5.56 Å². The highest BCUT2D eigenvalue weighted by Crippen LogP contribution is 2.22. The third kappa shape index (κ3) is 5.28. The molecule has 1 atom stereocenters. The highest BCUT2D eigenvalue weighted by molar-refractivity contribution is 6.33. The molecule has 2 amide bonds. The third-order valence-electron chi connectivity index (χ3n) is 3.31. The molecule has 0 spiro atoms. The van der Waals surface area contributed by atoms with Crippen LogP contribution in [0.3, 0.4) is 0 Å². The predicted octanol–water partition coefficient (Wildman–Crippen LogP) is 4.16. The second kappa shape index (κ2) is 8.93. The van der Waals surface area contributed by atoms with Crippen molar-refractivity contribution in [2.75, 3.05) is 11.9 Å². The molecule has 0 aliphatic carbocycles. The summed E-state index contributed by atoms with van der Waals surface area (Å²) in [4.78, 5) is 24.1. The number of para-hydroxylation sites is 1. The molecule has 0 aliphatic heterocycles. The monoisotopic (exact) mass is 346 g/mol. The minimum absolute atomic E-state index is 0.0635. The SMILES string of the molecule is CCOC(=O)N[C@@H](CC(=O)Nc1ccccc1Cl)c1ccccc1. The van der Waals surface area contributed by atoms with Crippen LogP contribution in [0.4, 0.5) is 10.5 Å². The molecule has 0 unspecified atom stereocenters. The molecule has 0 heterocycles. The van der Waals surface area contributed by atoms with E-state index in [0.29, 0.717) is 10.7 Å². The highest BCUT2D eigenvalue weighted by Gasteiger charge is 2.19. The minimum Gasteiger partial charge on any atom is -0.450 e. The lowest BCUT2D eigenvalue weighted by Crippen LogP contribution is -2.32. The quantitative estimate of drug-likeness (QED) is 0.825. The van der Waals surface area contributed by atoms with Crippen molar-refractivity contribution in [2.24, 2.45) is 0 Å². The number of hydrogen-bond donors (Lipinski definition) is 2. The number of hydrogen-bond acceptors (Lipinski definition) is 3. The standard InChI is InChI=1S/C18H19ClN2O3/c1-2-24-18(23)21-16(13-8-4-3-5-9-13)12-17(22)20-15-11-7-6-10-14(15)19/h3-11,16H,2,12H2,1H3,(H,20,22)(H,21,23)/t16-/m0/s1. The lowest BCUT2D eigenvalue weighted by molar-refractivity contribution is -0.116. The van der Waals surface area contributed by atoms with Gasteiger partial charge in [0, 0.05) is 0 Å². The molecule has 2 N–H and O–H groups in total. The molecule has 6 heteroatoms. The Morgan fingerprint density at radius 3 is 2.42 bits per heavy atom. The third-order valence-corrected chi connectivity index (χ3v) is 3.64. The zero-order chi connectivity index (χ0) is 17.4. The summed E-state index contributed by atoms with van der Waals surface area (Å²) < 4.78 is 4.91. The van der Waals surface area contributed by atoms with Crippen LogP contribution in [0.2, 0.25) is 5.02 Å². The number of rotatable bonds is 6. The Morgan fingerprint density at radius 1 is 1.08 bits per heavy atom. The first-order valence-corrected chi connectivity index (χ1v) is 8.00. The van der Waals surface area contributed by atoms with Crippen molar-refractivity contribution < 1.29 is 14.3 Å². The molecule has 2 aromatic rings. The summed E-state index contributed by atoms with van der Waals surface area (Å²) in [6.07, 6.45) is -0.495. The predicted molar refractivity (Wildman–Crippen MR) is 94.0 cm³/mol. The maximum Gasteiger partial charge on any atom is 0.407 e. The van der Waals surface area contributed by atoms with E-state index in [1.165, 1.54) is 0 Å². The molecule has 0 bridgehead atoms. The van der Waals surface area contributed by atoms with Crippen LogP contribution in [-0.2, 0) is 9.53 Å². The molecule has 0 saturated carbocycles. The molecule has 0 aromatic heterocycles. The van der Waals surface area contributed by atoms with Crippen molar-refractivity contribution in [3.05, 3.63) is 65.2 Å². The van der Waals surface area contributed by atoms with E-state index in [9.17, 15) is 9.59 Å². The summed E-state index contributed by atoms with van der Waals surface area (Å²) in [5, 5.41) is 5.92. The van der Waals surface area contributed by atoms with E-state index in [2.05, 4.69) is 10.6 Å². The van der Waals surface area contributed by atoms with Gasteiger partial charge in [-0.15, -0.1) is 0 Å². The summed E-state index contributed by atoms with van der Waals surface area (Å²) in [6.45, 7) is 1.99. The van der Waals surface area contributed by atoms with Crippen molar-refractivity contribution >= 4 is 29.3 Å². The van der Waals surface area contributed by atoms with Gasteiger partial charge in [0.15, 0.2) is 0 Å². The summed E-state index contributed by atoms with van der Waals surface area (Å²) >= 11 is 6.04. The van der Waals surface area contributed by atoms with Gasteiger partial charge in [0.05, 0.1) is 29.8 Å². The van der Waals surface area contributed by atoms with Crippen LogP contribution >= 0.6 is 11.6 Å². The Kier molecular flexibility index (Phi) is 6.63. The number of carbonyl (C=O) groups excluding carboxylic acids is 2. The molecular formula is C18H19ClN2O3. The van der Waals surface area contributed by atoms with Gasteiger partial charge in [0.1, 0.15) is 0 Å². The Labute approximate surface area is 146 Å². The van der Waals surface area contributed by atoms with E-state index in [1.54, 1.807) is 31.2 Å². The van der Waals surface area contributed by atoms with E-state index >= 15 is 0 Å². The van der Waals surface area contributed by atoms with Crippen LogP contribution in [0.1, 0.15) is 24.9 Å². The van der Waals surface area contributed by atoms with Crippen molar-refractivity contribution in [2.45, 2.75) is 19.4 Å². The molecule has 0 aliphatic rings. The second-order valence-corrected chi connectivity index (χ2v) is 5.47. The smallest absolute Gasteiger partial charge is 0.407 e. The lowest BCUT2D eigenvalue weighted by atomic mass is 10.0. The Morgan fingerprint density at radius 2 is 1.75 bits per heavy atom. The Balaban J connectivity index is 2.08. The first-order valence-electron chi connectivity index (χ1n) is 7.62. The van der Waals surface area contributed by atoms with Crippen LogP contribution in [0.15, 0.2) is 54.6 Å². The number of nitrogens with one attached hydrogen (secondary N) is 2. The summed E-state index contributed by atoms with van der Waals surface area (Å²) in [6, 6.07) is 15.8. The summed E-state index contributed by atoms with van der Waals surface area (Å²) in [5.41, 5.74) is 1.35. The molecule has 126 valence electrons. The van der Waals surface area contributed by atoms with Gasteiger partial charge in [-0.3, -0.25) is 4.79 Å². The number of ether oxygens (including phenoxy) is 1. The van der Waals surface area contributed by atoms with Gasteiger partial charge in [0.25, 0.3) is 0 Å². The topological polar surface area (TPSA) is 67.4 Å². The fraction of sp³-hybridized carbons (Fsp3) is 0.222. The van der Waals surface area contributed by atoms with E-state index < -0.39 is 12.1 Å². The average molecular weight is 347 g/mol. The normalized spacial score (nSPS) is 11.4. The Hall–Kier alpha value is -2.53. The zero-order valence-electron chi connectivity index (χ0n) is 13.3. The van der Waals surface area contributed by atoms with E-state index in [1.807, 2.05) is 30.3 Å². The van der Waals surface area contributed by atoms with Crippen molar-refractivity contribution in [3.8, 4) is 0 Å². The van der Waals surface area contributed by atoms with Crippen LogP contribution in [0.5, 0.6) is 0 Å². The van der Waals surface area contributed by atoms with Gasteiger partial charge >= 0.3 is 6.09 Å². The molecule has 0 fully saturated rings. The van der Waals surface area contributed by atoms with Gasteiger partial charge in [-0.05, 0) is 24.6 Å². The summed E-state index contributed by atoms with van der Waals surface area (Å²) in [7, 11) is 0. The van der Waals surface area contributed by atoms with E-state index in [-0.39, 0.29) is 18.9 Å². The molecule has 0 radical (unpaired) electrons. The lowest BCUT2D eigenvalue weighted by Gasteiger charge is -2.19. The highest BCUT2D eigenvalue weighted by atomic mass is 35.5.